The quantitative estimate of drug-likeness (QED) is 0.761. The SMILES string of the molecule is Cn1cncc1S(=O)(=O)CCCOc1ccc(C(C)(C)C)cc1. The van der Waals surface area contributed by atoms with Gasteiger partial charge in [-0.3, -0.25) is 0 Å². The maximum absolute atomic E-state index is 12.2. The van der Waals surface area contributed by atoms with Crippen LogP contribution in [-0.2, 0) is 22.3 Å². The van der Waals surface area contributed by atoms with Gasteiger partial charge in [0.05, 0.1) is 24.9 Å². The van der Waals surface area contributed by atoms with Crippen molar-refractivity contribution in [3.8, 4) is 5.75 Å². The van der Waals surface area contributed by atoms with E-state index in [2.05, 4.69) is 25.8 Å². The van der Waals surface area contributed by atoms with Gasteiger partial charge >= 0.3 is 0 Å². The molecule has 0 aliphatic heterocycles. The van der Waals surface area contributed by atoms with E-state index in [1.54, 1.807) is 7.05 Å². The number of benzene rings is 1. The normalized spacial score (nSPS) is 12.3. The zero-order valence-electron chi connectivity index (χ0n) is 14.1. The van der Waals surface area contributed by atoms with Crippen LogP contribution in [0.1, 0.15) is 32.8 Å². The molecule has 2 rings (SSSR count). The molecule has 0 saturated carbocycles. The Morgan fingerprint density at radius 3 is 2.35 bits per heavy atom. The Labute approximate surface area is 138 Å². The molecule has 0 bridgehead atoms. The van der Waals surface area contributed by atoms with Gasteiger partial charge < -0.3 is 9.30 Å². The van der Waals surface area contributed by atoms with Crippen LogP contribution >= 0.6 is 0 Å². The predicted octanol–water partition coefficient (Wildman–Crippen LogP) is 2.96. The third kappa shape index (κ3) is 4.58. The fourth-order valence-corrected chi connectivity index (χ4v) is 3.65. The number of ether oxygens (including phenoxy) is 1. The largest absolute Gasteiger partial charge is 0.494 e. The van der Waals surface area contributed by atoms with Crippen molar-refractivity contribution in [2.24, 2.45) is 7.05 Å². The number of aryl methyl sites for hydroxylation is 1. The van der Waals surface area contributed by atoms with Crippen LogP contribution in [0, 0.1) is 0 Å². The molecule has 0 aliphatic rings. The fourth-order valence-electron chi connectivity index (χ4n) is 2.24. The molecule has 5 nitrogen and oxygen atoms in total. The van der Waals surface area contributed by atoms with E-state index in [9.17, 15) is 8.42 Å². The number of rotatable bonds is 6. The summed E-state index contributed by atoms with van der Waals surface area (Å²) in [6, 6.07) is 7.94. The monoisotopic (exact) mass is 336 g/mol. The second kappa shape index (κ2) is 6.74. The number of aromatic nitrogens is 2. The highest BCUT2D eigenvalue weighted by Crippen LogP contribution is 2.24. The van der Waals surface area contributed by atoms with Crippen molar-refractivity contribution in [2.75, 3.05) is 12.4 Å². The Morgan fingerprint density at radius 2 is 1.83 bits per heavy atom. The first-order valence-electron chi connectivity index (χ1n) is 7.62. The highest BCUT2D eigenvalue weighted by molar-refractivity contribution is 7.91. The van der Waals surface area contributed by atoms with Gasteiger partial charge in [0.1, 0.15) is 5.75 Å². The minimum atomic E-state index is -3.31. The predicted molar refractivity (Wildman–Crippen MR) is 90.5 cm³/mol. The van der Waals surface area contributed by atoms with Gasteiger partial charge in [-0.15, -0.1) is 0 Å². The fraction of sp³-hybridized carbons (Fsp3) is 0.471. The molecule has 1 heterocycles. The smallest absolute Gasteiger partial charge is 0.195 e. The lowest BCUT2D eigenvalue weighted by Gasteiger charge is -2.19. The lowest BCUT2D eigenvalue weighted by Crippen LogP contribution is -2.13. The molecule has 0 atom stereocenters. The van der Waals surface area contributed by atoms with Gasteiger partial charge in [0.15, 0.2) is 14.9 Å². The summed E-state index contributed by atoms with van der Waals surface area (Å²) in [5.41, 5.74) is 1.35. The zero-order chi connectivity index (χ0) is 17.1. The van der Waals surface area contributed by atoms with Crippen LogP contribution in [0.2, 0.25) is 0 Å². The molecule has 0 amide bonds. The van der Waals surface area contributed by atoms with Gasteiger partial charge in [0, 0.05) is 7.05 Å². The highest BCUT2D eigenvalue weighted by atomic mass is 32.2. The summed E-state index contributed by atoms with van der Waals surface area (Å²) in [5, 5.41) is 0.243. The summed E-state index contributed by atoms with van der Waals surface area (Å²) in [6.45, 7) is 6.84. The van der Waals surface area contributed by atoms with E-state index in [4.69, 9.17) is 4.74 Å². The lowest BCUT2D eigenvalue weighted by molar-refractivity contribution is 0.317. The summed E-state index contributed by atoms with van der Waals surface area (Å²) in [5.74, 6) is 0.808. The van der Waals surface area contributed by atoms with Crippen LogP contribution in [0.25, 0.3) is 0 Å². The average molecular weight is 336 g/mol. The summed E-state index contributed by atoms with van der Waals surface area (Å²) in [4.78, 5) is 3.84. The van der Waals surface area contributed by atoms with Crippen LogP contribution in [0.5, 0.6) is 5.75 Å². The Hall–Kier alpha value is -1.82. The number of imidazole rings is 1. The highest BCUT2D eigenvalue weighted by Gasteiger charge is 2.17. The van der Waals surface area contributed by atoms with Gasteiger partial charge in [-0.05, 0) is 29.5 Å². The van der Waals surface area contributed by atoms with Crippen LogP contribution in [0.15, 0.2) is 41.8 Å². The third-order valence-corrected chi connectivity index (χ3v) is 5.49. The van der Waals surface area contributed by atoms with Crippen molar-refractivity contribution in [3.63, 3.8) is 0 Å². The van der Waals surface area contributed by atoms with Crippen molar-refractivity contribution in [1.82, 2.24) is 9.55 Å². The van der Waals surface area contributed by atoms with E-state index in [1.165, 1.54) is 22.7 Å². The van der Waals surface area contributed by atoms with E-state index in [-0.39, 0.29) is 16.2 Å². The Balaban J connectivity index is 1.85. The molecular formula is C17H24N2O3S. The maximum Gasteiger partial charge on any atom is 0.195 e. The molecule has 0 aliphatic carbocycles. The van der Waals surface area contributed by atoms with Crippen molar-refractivity contribution in [1.29, 1.82) is 0 Å². The maximum atomic E-state index is 12.2. The van der Waals surface area contributed by atoms with Gasteiger partial charge in [-0.25, -0.2) is 13.4 Å². The molecule has 0 fully saturated rings. The number of nitrogens with zero attached hydrogens (tertiary/aromatic N) is 2. The van der Waals surface area contributed by atoms with Crippen molar-refractivity contribution in [2.45, 2.75) is 37.6 Å². The average Bonchev–Trinajstić information content (AvgIpc) is 2.90. The van der Waals surface area contributed by atoms with Crippen molar-refractivity contribution < 1.29 is 13.2 Å². The Bertz CT molecular complexity index is 741. The molecular weight excluding hydrogens is 312 g/mol. The minimum Gasteiger partial charge on any atom is -0.494 e. The first kappa shape index (κ1) is 17.5. The summed E-state index contributed by atoms with van der Waals surface area (Å²) >= 11 is 0. The molecule has 6 heteroatoms. The van der Waals surface area contributed by atoms with Crippen molar-refractivity contribution >= 4 is 9.84 Å². The molecule has 23 heavy (non-hydrogen) atoms. The Kier molecular flexibility index (Phi) is 5.14. The zero-order valence-corrected chi connectivity index (χ0v) is 14.9. The second-order valence-corrected chi connectivity index (χ2v) is 8.69. The standard InChI is InChI=1S/C17H24N2O3S/c1-17(2,3)14-6-8-15(9-7-14)22-10-5-11-23(20,21)16-12-18-13-19(16)4/h6-9,12-13H,5,10-11H2,1-4H3. The van der Waals surface area contributed by atoms with Crippen LogP contribution in [-0.4, -0.2) is 30.3 Å². The van der Waals surface area contributed by atoms with Gasteiger partial charge in [0.2, 0.25) is 0 Å². The topological polar surface area (TPSA) is 61.2 Å². The number of sulfone groups is 1. The van der Waals surface area contributed by atoms with Gasteiger partial charge in [-0.1, -0.05) is 32.9 Å². The summed E-state index contributed by atoms with van der Waals surface area (Å²) in [6.07, 6.45) is 3.30. The van der Waals surface area contributed by atoms with Gasteiger partial charge in [-0.2, -0.15) is 0 Å². The number of hydrogen-bond donors (Lipinski definition) is 0. The van der Waals surface area contributed by atoms with E-state index < -0.39 is 9.84 Å². The summed E-state index contributed by atoms with van der Waals surface area (Å²) in [7, 11) is -1.63. The Morgan fingerprint density at radius 1 is 1.17 bits per heavy atom. The van der Waals surface area contributed by atoms with Crippen molar-refractivity contribution in [3.05, 3.63) is 42.4 Å². The molecule has 126 valence electrons. The van der Waals surface area contributed by atoms with Crippen LogP contribution in [0.4, 0.5) is 0 Å². The van der Waals surface area contributed by atoms with E-state index in [0.29, 0.717) is 13.0 Å². The van der Waals surface area contributed by atoms with Gasteiger partial charge in [0.25, 0.3) is 0 Å². The van der Waals surface area contributed by atoms with Crippen LogP contribution < -0.4 is 4.74 Å². The van der Waals surface area contributed by atoms with Crippen LogP contribution in [0.3, 0.4) is 0 Å². The molecule has 2 aromatic rings. The second-order valence-electron chi connectivity index (χ2n) is 6.64. The minimum absolute atomic E-state index is 0.0482. The molecule has 1 aromatic heterocycles. The molecule has 0 saturated heterocycles. The third-order valence-electron chi connectivity index (χ3n) is 3.64. The van der Waals surface area contributed by atoms with E-state index in [1.807, 2.05) is 24.3 Å². The lowest BCUT2D eigenvalue weighted by atomic mass is 9.87. The summed E-state index contributed by atoms with van der Waals surface area (Å²) < 4.78 is 31.5. The molecule has 1 aromatic carbocycles. The molecule has 0 N–H and O–H groups in total. The molecule has 0 spiro atoms. The molecule has 0 radical (unpaired) electrons. The first-order valence-corrected chi connectivity index (χ1v) is 9.28. The molecule has 0 unspecified atom stereocenters. The van der Waals surface area contributed by atoms with E-state index >= 15 is 0 Å². The van der Waals surface area contributed by atoms with E-state index in [0.717, 1.165) is 5.75 Å². The first-order chi connectivity index (χ1) is 10.7. The number of hydrogen-bond acceptors (Lipinski definition) is 4.